The van der Waals surface area contributed by atoms with E-state index in [1.165, 1.54) is 15.6 Å². The largest absolute Gasteiger partial charge is 0.448 e. The highest BCUT2D eigenvalue weighted by Gasteiger charge is 2.17. The van der Waals surface area contributed by atoms with Gasteiger partial charge in [0.25, 0.3) is 0 Å². The summed E-state index contributed by atoms with van der Waals surface area (Å²) in [4.78, 5) is 0. The van der Waals surface area contributed by atoms with Crippen molar-refractivity contribution in [1.82, 2.24) is 5.32 Å². The average molecular weight is 306 g/mol. The summed E-state index contributed by atoms with van der Waals surface area (Å²) in [6.07, 6.45) is 0.904. The van der Waals surface area contributed by atoms with Crippen LogP contribution in [0, 0.1) is 0 Å². The third-order valence-electron chi connectivity index (χ3n) is 3.37. The van der Waals surface area contributed by atoms with Crippen LogP contribution in [0.2, 0.25) is 5.22 Å². The van der Waals surface area contributed by atoms with Crippen LogP contribution in [0.1, 0.15) is 24.3 Å². The Balaban J connectivity index is 1.90. The van der Waals surface area contributed by atoms with E-state index in [0.717, 1.165) is 18.7 Å². The molecule has 2 heterocycles. The van der Waals surface area contributed by atoms with Crippen molar-refractivity contribution in [2.45, 2.75) is 19.4 Å². The minimum atomic E-state index is 0.158. The Morgan fingerprint density at radius 3 is 2.85 bits per heavy atom. The van der Waals surface area contributed by atoms with Gasteiger partial charge in [-0.1, -0.05) is 25.1 Å². The van der Waals surface area contributed by atoms with Gasteiger partial charge in [-0.3, -0.25) is 0 Å². The quantitative estimate of drug-likeness (QED) is 0.714. The molecular weight excluding hydrogens is 290 g/mol. The average Bonchev–Trinajstić information content (AvgIpc) is 3.05. The number of likely N-dealkylation sites (N-methyl/N-ethyl adjacent to an activating group) is 1. The number of fused-ring (bicyclic) bond motifs is 1. The molecular formula is C16H16ClNOS. The molecule has 2 aromatic heterocycles. The SMILES string of the molecule is CCNC(Cc1csc2ccccc12)c1ccc(Cl)o1. The lowest BCUT2D eigenvalue weighted by atomic mass is 10.0. The smallest absolute Gasteiger partial charge is 0.193 e. The molecule has 2 nitrogen and oxygen atoms in total. The van der Waals surface area contributed by atoms with Gasteiger partial charge in [-0.15, -0.1) is 11.3 Å². The van der Waals surface area contributed by atoms with Crippen molar-refractivity contribution in [3.05, 3.63) is 58.3 Å². The van der Waals surface area contributed by atoms with Gasteiger partial charge in [-0.25, -0.2) is 0 Å². The van der Waals surface area contributed by atoms with Crippen molar-refractivity contribution in [3.63, 3.8) is 0 Å². The summed E-state index contributed by atoms with van der Waals surface area (Å²) >= 11 is 7.68. The van der Waals surface area contributed by atoms with Gasteiger partial charge < -0.3 is 9.73 Å². The first kappa shape index (κ1) is 13.7. The van der Waals surface area contributed by atoms with E-state index in [1.54, 1.807) is 17.4 Å². The van der Waals surface area contributed by atoms with Crippen LogP contribution in [0.3, 0.4) is 0 Å². The van der Waals surface area contributed by atoms with Gasteiger partial charge in [0, 0.05) is 4.70 Å². The Kier molecular flexibility index (Phi) is 4.10. The Morgan fingerprint density at radius 1 is 1.25 bits per heavy atom. The Bertz CT molecular complexity index is 703. The van der Waals surface area contributed by atoms with E-state index in [0.29, 0.717) is 5.22 Å². The summed E-state index contributed by atoms with van der Waals surface area (Å²) < 4.78 is 6.89. The van der Waals surface area contributed by atoms with E-state index >= 15 is 0 Å². The molecule has 0 saturated carbocycles. The van der Waals surface area contributed by atoms with Gasteiger partial charge in [0.1, 0.15) is 5.76 Å². The molecule has 3 aromatic rings. The second kappa shape index (κ2) is 6.00. The molecule has 0 radical (unpaired) electrons. The van der Waals surface area contributed by atoms with Crippen molar-refractivity contribution in [1.29, 1.82) is 0 Å². The van der Waals surface area contributed by atoms with Crippen LogP contribution in [0.5, 0.6) is 0 Å². The predicted molar refractivity (Wildman–Crippen MR) is 85.7 cm³/mol. The third-order valence-corrected chi connectivity index (χ3v) is 4.59. The molecule has 0 bridgehead atoms. The highest BCUT2D eigenvalue weighted by molar-refractivity contribution is 7.17. The number of nitrogens with one attached hydrogen (secondary N) is 1. The molecule has 3 rings (SSSR count). The standard InChI is InChI=1S/C16H16ClNOS/c1-2-18-13(14-7-8-16(17)19-14)9-11-10-20-15-6-4-3-5-12(11)15/h3-8,10,13,18H,2,9H2,1H3. The number of halogens is 1. The molecule has 0 amide bonds. The van der Waals surface area contributed by atoms with Crippen molar-refractivity contribution in [2.24, 2.45) is 0 Å². The van der Waals surface area contributed by atoms with Crippen molar-refractivity contribution in [3.8, 4) is 0 Å². The number of furan rings is 1. The van der Waals surface area contributed by atoms with Gasteiger partial charge in [0.15, 0.2) is 5.22 Å². The van der Waals surface area contributed by atoms with Gasteiger partial charge >= 0.3 is 0 Å². The molecule has 104 valence electrons. The number of thiophene rings is 1. The van der Waals surface area contributed by atoms with Crippen LogP contribution in [0.4, 0.5) is 0 Å². The van der Waals surface area contributed by atoms with E-state index in [1.807, 2.05) is 6.07 Å². The zero-order chi connectivity index (χ0) is 13.9. The lowest BCUT2D eigenvalue weighted by molar-refractivity contribution is 0.418. The highest BCUT2D eigenvalue weighted by atomic mass is 35.5. The molecule has 1 N–H and O–H groups in total. The van der Waals surface area contributed by atoms with Crippen LogP contribution in [0.15, 0.2) is 46.2 Å². The van der Waals surface area contributed by atoms with Gasteiger partial charge in [0.05, 0.1) is 6.04 Å². The molecule has 20 heavy (non-hydrogen) atoms. The summed E-state index contributed by atoms with van der Waals surface area (Å²) in [5.41, 5.74) is 1.35. The Hall–Kier alpha value is -1.29. The molecule has 0 aliphatic carbocycles. The lowest BCUT2D eigenvalue weighted by Gasteiger charge is -2.15. The first-order chi connectivity index (χ1) is 9.78. The second-order valence-corrected chi connectivity index (χ2v) is 6.00. The molecule has 0 aliphatic rings. The first-order valence-electron chi connectivity index (χ1n) is 6.71. The maximum Gasteiger partial charge on any atom is 0.193 e. The fraction of sp³-hybridized carbons (Fsp3) is 0.250. The molecule has 0 saturated heterocycles. The number of hydrogen-bond donors (Lipinski definition) is 1. The maximum absolute atomic E-state index is 5.89. The number of benzene rings is 1. The maximum atomic E-state index is 5.89. The topological polar surface area (TPSA) is 25.2 Å². The van der Waals surface area contributed by atoms with Crippen LogP contribution >= 0.6 is 22.9 Å². The summed E-state index contributed by atoms with van der Waals surface area (Å²) in [5, 5.41) is 7.48. The number of hydrogen-bond acceptors (Lipinski definition) is 3. The van der Waals surface area contributed by atoms with Gasteiger partial charge in [-0.2, -0.15) is 0 Å². The number of rotatable bonds is 5. The van der Waals surface area contributed by atoms with Gasteiger partial charge in [0.2, 0.25) is 0 Å². The van der Waals surface area contributed by atoms with E-state index in [4.69, 9.17) is 16.0 Å². The van der Waals surface area contributed by atoms with Crippen molar-refractivity contribution < 1.29 is 4.42 Å². The molecule has 0 spiro atoms. The van der Waals surface area contributed by atoms with E-state index in [2.05, 4.69) is 41.9 Å². The van der Waals surface area contributed by atoms with E-state index in [9.17, 15) is 0 Å². The monoisotopic (exact) mass is 305 g/mol. The Morgan fingerprint density at radius 2 is 2.10 bits per heavy atom. The van der Waals surface area contributed by atoms with Crippen LogP contribution in [0.25, 0.3) is 10.1 Å². The van der Waals surface area contributed by atoms with E-state index in [-0.39, 0.29) is 6.04 Å². The summed E-state index contributed by atoms with van der Waals surface area (Å²) in [5.74, 6) is 0.895. The predicted octanol–water partition coefficient (Wildman–Crippen LogP) is 5.04. The highest BCUT2D eigenvalue weighted by Crippen LogP contribution is 2.30. The van der Waals surface area contributed by atoms with Crippen molar-refractivity contribution in [2.75, 3.05) is 6.54 Å². The fourth-order valence-electron chi connectivity index (χ4n) is 2.45. The third kappa shape index (κ3) is 2.75. The lowest BCUT2D eigenvalue weighted by Crippen LogP contribution is -2.22. The Labute approximate surface area is 127 Å². The minimum Gasteiger partial charge on any atom is -0.448 e. The van der Waals surface area contributed by atoms with Gasteiger partial charge in [-0.05, 0) is 59.1 Å². The summed E-state index contributed by atoms with van der Waals surface area (Å²) in [7, 11) is 0. The van der Waals surface area contributed by atoms with Crippen molar-refractivity contribution >= 4 is 33.0 Å². The minimum absolute atomic E-state index is 0.158. The second-order valence-electron chi connectivity index (χ2n) is 4.71. The molecule has 1 unspecified atom stereocenters. The zero-order valence-electron chi connectivity index (χ0n) is 11.2. The molecule has 0 aliphatic heterocycles. The van der Waals surface area contributed by atoms with Crippen LogP contribution in [-0.2, 0) is 6.42 Å². The molecule has 1 aromatic carbocycles. The molecule has 4 heteroatoms. The first-order valence-corrected chi connectivity index (χ1v) is 7.97. The summed E-state index contributed by atoms with van der Waals surface area (Å²) in [6.45, 7) is 2.99. The van der Waals surface area contributed by atoms with Crippen LogP contribution < -0.4 is 5.32 Å². The summed E-state index contributed by atoms with van der Waals surface area (Å²) in [6, 6.07) is 12.4. The fourth-order valence-corrected chi connectivity index (χ4v) is 3.57. The molecule has 1 atom stereocenters. The molecule has 0 fully saturated rings. The normalized spacial score (nSPS) is 12.9. The van der Waals surface area contributed by atoms with E-state index < -0.39 is 0 Å². The van der Waals surface area contributed by atoms with Crippen LogP contribution in [-0.4, -0.2) is 6.54 Å². The zero-order valence-corrected chi connectivity index (χ0v) is 12.8.